The maximum Gasteiger partial charge on any atom is 0.0710 e. The maximum absolute atomic E-state index is 5.37. The minimum Gasteiger partial charge on any atom is -0.380 e. The summed E-state index contributed by atoms with van der Waals surface area (Å²) >= 11 is 0. The summed E-state index contributed by atoms with van der Waals surface area (Å²) in [5, 5.41) is 3.60. The first-order valence-electron chi connectivity index (χ1n) is 5.66. The van der Waals surface area contributed by atoms with Crippen LogP contribution in [0.4, 0.5) is 0 Å². The molecule has 2 nitrogen and oxygen atoms in total. The molecule has 0 bridgehead atoms. The van der Waals surface area contributed by atoms with Crippen molar-refractivity contribution < 1.29 is 4.74 Å². The van der Waals surface area contributed by atoms with E-state index in [-0.39, 0.29) is 0 Å². The molecule has 2 atom stereocenters. The second kappa shape index (κ2) is 4.43. The van der Waals surface area contributed by atoms with E-state index >= 15 is 0 Å². The van der Waals surface area contributed by atoms with Crippen molar-refractivity contribution in [2.24, 2.45) is 5.92 Å². The molecule has 13 heavy (non-hydrogen) atoms. The fourth-order valence-corrected chi connectivity index (χ4v) is 2.81. The zero-order valence-corrected chi connectivity index (χ0v) is 8.59. The van der Waals surface area contributed by atoms with Crippen molar-refractivity contribution in [1.29, 1.82) is 0 Å². The molecule has 2 unspecified atom stereocenters. The first-order chi connectivity index (χ1) is 6.40. The SMILES string of the molecule is COC1CNC(C2CCCCC2)C1. The molecule has 0 aromatic heterocycles. The Bertz CT molecular complexity index is 154. The van der Waals surface area contributed by atoms with Crippen molar-refractivity contribution in [3.05, 3.63) is 0 Å². The van der Waals surface area contributed by atoms with E-state index in [1.54, 1.807) is 0 Å². The quantitative estimate of drug-likeness (QED) is 0.706. The average molecular weight is 183 g/mol. The second-order valence-corrected chi connectivity index (χ2v) is 4.51. The van der Waals surface area contributed by atoms with Crippen molar-refractivity contribution >= 4 is 0 Å². The Morgan fingerprint density at radius 3 is 2.54 bits per heavy atom. The van der Waals surface area contributed by atoms with Crippen molar-refractivity contribution in [1.82, 2.24) is 5.32 Å². The molecule has 1 saturated carbocycles. The molecule has 1 aliphatic heterocycles. The molecule has 0 amide bonds. The number of methoxy groups -OCH3 is 1. The summed E-state index contributed by atoms with van der Waals surface area (Å²) in [4.78, 5) is 0. The highest BCUT2D eigenvalue weighted by atomic mass is 16.5. The molecule has 1 aliphatic carbocycles. The number of nitrogens with one attached hydrogen (secondary N) is 1. The van der Waals surface area contributed by atoms with Gasteiger partial charge in [-0.1, -0.05) is 19.3 Å². The van der Waals surface area contributed by atoms with E-state index in [9.17, 15) is 0 Å². The predicted molar refractivity (Wildman–Crippen MR) is 53.8 cm³/mol. The largest absolute Gasteiger partial charge is 0.380 e. The van der Waals surface area contributed by atoms with Crippen molar-refractivity contribution in [3.63, 3.8) is 0 Å². The summed E-state index contributed by atoms with van der Waals surface area (Å²) in [5.41, 5.74) is 0. The van der Waals surface area contributed by atoms with Crippen LogP contribution in [0, 0.1) is 5.92 Å². The van der Waals surface area contributed by atoms with Crippen LogP contribution in [0.1, 0.15) is 38.5 Å². The molecule has 0 radical (unpaired) electrons. The Morgan fingerprint density at radius 2 is 1.92 bits per heavy atom. The molecular weight excluding hydrogens is 162 g/mol. The van der Waals surface area contributed by atoms with E-state index < -0.39 is 0 Å². The minimum absolute atomic E-state index is 0.479. The van der Waals surface area contributed by atoms with Crippen LogP contribution in [0.25, 0.3) is 0 Å². The lowest BCUT2D eigenvalue weighted by Gasteiger charge is -2.27. The molecule has 1 saturated heterocycles. The summed E-state index contributed by atoms with van der Waals surface area (Å²) in [6.45, 7) is 1.07. The maximum atomic E-state index is 5.37. The van der Waals surface area contributed by atoms with Gasteiger partial charge in [-0.15, -0.1) is 0 Å². The van der Waals surface area contributed by atoms with Gasteiger partial charge in [0.05, 0.1) is 6.10 Å². The number of ether oxygens (including phenoxy) is 1. The van der Waals surface area contributed by atoms with Crippen molar-refractivity contribution in [3.8, 4) is 0 Å². The summed E-state index contributed by atoms with van der Waals surface area (Å²) in [7, 11) is 1.83. The Hall–Kier alpha value is -0.0800. The highest BCUT2D eigenvalue weighted by Gasteiger charge is 2.30. The van der Waals surface area contributed by atoms with Gasteiger partial charge in [0.15, 0.2) is 0 Å². The highest BCUT2D eigenvalue weighted by molar-refractivity contribution is 4.88. The van der Waals surface area contributed by atoms with Crippen LogP contribution >= 0.6 is 0 Å². The third-order valence-electron chi connectivity index (χ3n) is 3.68. The zero-order valence-electron chi connectivity index (χ0n) is 8.59. The molecule has 76 valence electrons. The van der Waals surface area contributed by atoms with Gasteiger partial charge in [0.2, 0.25) is 0 Å². The molecule has 0 aromatic rings. The van der Waals surface area contributed by atoms with Crippen LogP contribution in [0.3, 0.4) is 0 Å². The Kier molecular flexibility index (Phi) is 3.23. The van der Waals surface area contributed by atoms with E-state index in [0.717, 1.165) is 18.5 Å². The molecule has 2 rings (SSSR count). The molecule has 1 heterocycles. The van der Waals surface area contributed by atoms with E-state index in [2.05, 4.69) is 5.32 Å². The smallest absolute Gasteiger partial charge is 0.0710 e. The lowest BCUT2D eigenvalue weighted by atomic mass is 9.83. The van der Waals surface area contributed by atoms with Gasteiger partial charge >= 0.3 is 0 Å². The van der Waals surface area contributed by atoms with E-state index in [1.165, 1.54) is 38.5 Å². The van der Waals surface area contributed by atoms with Crippen molar-refractivity contribution in [2.75, 3.05) is 13.7 Å². The van der Waals surface area contributed by atoms with Gasteiger partial charge in [-0.2, -0.15) is 0 Å². The predicted octanol–water partition coefficient (Wildman–Crippen LogP) is 1.94. The average Bonchev–Trinajstić information content (AvgIpc) is 2.67. The molecule has 2 heteroatoms. The van der Waals surface area contributed by atoms with Crippen molar-refractivity contribution in [2.45, 2.75) is 50.7 Å². The fourth-order valence-electron chi connectivity index (χ4n) is 2.81. The number of hydrogen-bond acceptors (Lipinski definition) is 2. The Balaban J connectivity index is 1.80. The Labute approximate surface area is 81.0 Å². The van der Waals surface area contributed by atoms with Gasteiger partial charge < -0.3 is 10.1 Å². The zero-order chi connectivity index (χ0) is 9.10. The lowest BCUT2D eigenvalue weighted by Crippen LogP contribution is -2.31. The molecule has 2 fully saturated rings. The third-order valence-corrected chi connectivity index (χ3v) is 3.68. The van der Waals surface area contributed by atoms with Gasteiger partial charge in [-0.25, -0.2) is 0 Å². The second-order valence-electron chi connectivity index (χ2n) is 4.51. The van der Waals surface area contributed by atoms with Gasteiger partial charge in [0, 0.05) is 19.7 Å². The van der Waals surface area contributed by atoms with Crippen LogP contribution in [0.15, 0.2) is 0 Å². The molecule has 2 aliphatic rings. The number of rotatable bonds is 2. The fraction of sp³-hybridized carbons (Fsp3) is 1.00. The minimum atomic E-state index is 0.479. The van der Waals surface area contributed by atoms with Crippen LogP contribution in [-0.2, 0) is 4.74 Å². The first kappa shape index (κ1) is 9.47. The van der Waals surface area contributed by atoms with Gasteiger partial charge in [-0.05, 0) is 25.2 Å². The van der Waals surface area contributed by atoms with Gasteiger partial charge in [0.25, 0.3) is 0 Å². The van der Waals surface area contributed by atoms with Crippen LogP contribution in [0.2, 0.25) is 0 Å². The van der Waals surface area contributed by atoms with E-state index in [4.69, 9.17) is 4.74 Å². The Morgan fingerprint density at radius 1 is 1.15 bits per heavy atom. The molecule has 1 N–H and O–H groups in total. The third kappa shape index (κ3) is 2.23. The normalized spacial score (nSPS) is 36.7. The standard InChI is InChI=1S/C11H21NO/c1-13-10-7-11(12-8-10)9-5-3-2-4-6-9/h9-12H,2-8H2,1H3. The summed E-state index contributed by atoms with van der Waals surface area (Å²) in [6, 6.07) is 0.755. The molecule has 0 aromatic carbocycles. The summed E-state index contributed by atoms with van der Waals surface area (Å²) in [6.07, 6.45) is 8.94. The van der Waals surface area contributed by atoms with E-state index in [0.29, 0.717) is 6.10 Å². The monoisotopic (exact) mass is 183 g/mol. The number of hydrogen-bond donors (Lipinski definition) is 1. The molecule has 0 spiro atoms. The lowest BCUT2D eigenvalue weighted by molar-refractivity contribution is 0.114. The van der Waals surface area contributed by atoms with E-state index in [1.807, 2.05) is 7.11 Å². The summed E-state index contributed by atoms with van der Waals surface area (Å²) < 4.78 is 5.37. The molecular formula is C11H21NO. The van der Waals surface area contributed by atoms with Crippen LogP contribution in [0.5, 0.6) is 0 Å². The first-order valence-corrected chi connectivity index (χ1v) is 5.66. The van der Waals surface area contributed by atoms with Crippen LogP contribution in [-0.4, -0.2) is 25.8 Å². The van der Waals surface area contributed by atoms with Gasteiger partial charge in [0.1, 0.15) is 0 Å². The summed E-state index contributed by atoms with van der Waals surface area (Å²) in [5.74, 6) is 0.939. The topological polar surface area (TPSA) is 21.3 Å². The van der Waals surface area contributed by atoms with Crippen LogP contribution < -0.4 is 5.32 Å². The van der Waals surface area contributed by atoms with Gasteiger partial charge in [-0.3, -0.25) is 0 Å². The highest BCUT2D eigenvalue weighted by Crippen LogP contribution is 2.30.